The van der Waals surface area contributed by atoms with E-state index in [1.54, 1.807) is 0 Å². The molecule has 2 heteroatoms. The fourth-order valence-corrected chi connectivity index (χ4v) is 2.17. The smallest absolute Gasteiger partial charge is 0.0519 e. The molecule has 1 aliphatic rings. The van der Waals surface area contributed by atoms with Crippen LogP contribution in [0.25, 0.3) is 0 Å². The van der Waals surface area contributed by atoms with Crippen molar-refractivity contribution < 1.29 is 4.74 Å². The Balaban J connectivity index is 2.46. The predicted octanol–water partition coefficient (Wildman–Crippen LogP) is 2.57. The number of ether oxygens (including phenoxy) is 1. The highest BCUT2D eigenvalue weighted by molar-refractivity contribution is 4.87. The van der Waals surface area contributed by atoms with Gasteiger partial charge in [-0.3, -0.25) is 0 Å². The Hall–Kier alpha value is -0.0800. The van der Waals surface area contributed by atoms with Crippen molar-refractivity contribution in [2.75, 3.05) is 6.61 Å². The molecule has 0 bridgehead atoms. The van der Waals surface area contributed by atoms with E-state index < -0.39 is 0 Å². The standard InChI is InChI=1S/C12H25NO/c1-9(2)14-8-10-7-11(13)5-6-12(10,3)4/h9-11H,5-8,13H2,1-4H3. The van der Waals surface area contributed by atoms with Crippen LogP contribution in [0.2, 0.25) is 0 Å². The maximum atomic E-state index is 6.00. The van der Waals surface area contributed by atoms with Crippen molar-refractivity contribution in [2.45, 2.75) is 59.1 Å². The molecule has 2 N–H and O–H groups in total. The van der Waals surface area contributed by atoms with Gasteiger partial charge in [0.1, 0.15) is 0 Å². The van der Waals surface area contributed by atoms with E-state index in [9.17, 15) is 0 Å². The maximum Gasteiger partial charge on any atom is 0.0519 e. The number of hydrogen-bond donors (Lipinski definition) is 1. The van der Waals surface area contributed by atoms with Crippen molar-refractivity contribution in [3.8, 4) is 0 Å². The summed E-state index contributed by atoms with van der Waals surface area (Å²) in [6.45, 7) is 9.74. The molecule has 0 heterocycles. The average Bonchev–Trinajstić information content (AvgIpc) is 2.07. The van der Waals surface area contributed by atoms with Gasteiger partial charge in [0.05, 0.1) is 12.7 Å². The summed E-state index contributed by atoms with van der Waals surface area (Å²) >= 11 is 0. The lowest BCUT2D eigenvalue weighted by atomic mass is 9.68. The quantitative estimate of drug-likeness (QED) is 0.758. The van der Waals surface area contributed by atoms with Gasteiger partial charge in [0.2, 0.25) is 0 Å². The van der Waals surface area contributed by atoms with Gasteiger partial charge in [-0.25, -0.2) is 0 Å². The molecule has 0 aromatic heterocycles. The Morgan fingerprint density at radius 1 is 1.43 bits per heavy atom. The summed E-state index contributed by atoms with van der Waals surface area (Å²) in [6, 6.07) is 0.392. The number of nitrogens with two attached hydrogens (primary N) is 1. The molecule has 1 aliphatic carbocycles. The Kier molecular flexibility index (Phi) is 3.96. The minimum absolute atomic E-state index is 0.337. The van der Waals surface area contributed by atoms with Gasteiger partial charge in [-0.15, -0.1) is 0 Å². The highest BCUT2D eigenvalue weighted by atomic mass is 16.5. The van der Waals surface area contributed by atoms with Gasteiger partial charge in [0, 0.05) is 6.04 Å². The van der Waals surface area contributed by atoms with E-state index >= 15 is 0 Å². The van der Waals surface area contributed by atoms with Gasteiger partial charge in [-0.2, -0.15) is 0 Å². The molecule has 0 amide bonds. The number of rotatable bonds is 3. The number of hydrogen-bond acceptors (Lipinski definition) is 2. The molecule has 0 aromatic rings. The molecule has 2 nitrogen and oxygen atoms in total. The summed E-state index contributed by atoms with van der Waals surface area (Å²) in [5, 5.41) is 0. The lowest BCUT2D eigenvalue weighted by Gasteiger charge is -2.41. The fraction of sp³-hybridized carbons (Fsp3) is 1.00. The van der Waals surface area contributed by atoms with E-state index in [0.29, 0.717) is 23.5 Å². The SMILES string of the molecule is CC(C)OCC1CC(N)CCC1(C)C. The maximum absolute atomic E-state index is 6.00. The first-order chi connectivity index (χ1) is 6.42. The van der Waals surface area contributed by atoms with E-state index in [2.05, 4.69) is 27.7 Å². The van der Waals surface area contributed by atoms with Crippen LogP contribution in [0.15, 0.2) is 0 Å². The van der Waals surface area contributed by atoms with Crippen molar-refractivity contribution in [3.05, 3.63) is 0 Å². The van der Waals surface area contributed by atoms with Crippen LogP contribution < -0.4 is 5.73 Å². The zero-order valence-electron chi connectivity index (χ0n) is 10.0. The van der Waals surface area contributed by atoms with Gasteiger partial charge in [0.25, 0.3) is 0 Å². The zero-order valence-corrected chi connectivity index (χ0v) is 10.0. The van der Waals surface area contributed by atoms with Crippen molar-refractivity contribution >= 4 is 0 Å². The van der Waals surface area contributed by atoms with E-state index in [0.717, 1.165) is 13.0 Å². The third-order valence-electron chi connectivity index (χ3n) is 3.48. The monoisotopic (exact) mass is 199 g/mol. The zero-order chi connectivity index (χ0) is 10.8. The van der Waals surface area contributed by atoms with Crippen LogP contribution in [-0.4, -0.2) is 18.8 Å². The molecule has 1 fully saturated rings. The van der Waals surface area contributed by atoms with Gasteiger partial charge in [0.15, 0.2) is 0 Å². The second-order valence-corrected chi connectivity index (χ2v) is 5.60. The fourth-order valence-electron chi connectivity index (χ4n) is 2.17. The summed E-state index contributed by atoms with van der Waals surface area (Å²) in [5.74, 6) is 0.633. The van der Waals surface area contributed by atoms with Gasteiger partial charge >= 0.3 is 0 Å². The normalized spacial score (nSPS) is 32.1. The van der Waals surface area contributed by atoms with Crippen LogP contribution in [0.4, 0.5) is 0 Å². The van der Waals surface area contributed by atoms with Crippen LogP contribution in [0, 0.1) is 11.3 Å². The first-order valence-corrected chi connectivity index (χ1v) is 5.79. The molecule has 14 heavy (non-hydrogen) atoms. The third-order valence-corrected chi connectivity index (χ3v) is 3.48. The molecule has 0 saturated heterocycles. The third kappa shape index (κ3) is 3.25. The molecule has 84 valence electrons. The van der Waals surface area contributed by atoms with Crippen LogP contribution >= 0.6 is 0 Å². The molecule has 0 radical (unpaired) electrons. The van der Waals surface area contributed by atoms with Crippen LogP contribution in [0.3, 0.4) is 0 Å². The summed E-state index contributed by atoms with van der Waals surface area (Å²) in [4.78, 5) is 0. The van der Waals surface area contributed by atoms with Crippen molar-refractivity contribution in [1.82, 2.24) is 0 Å². The predicted molar refractivity (Wildman–Crippen MR) is 60.2 cm³/mol. The summed E-state index contributed by atoms with van der Waals surface area (Å²) in [6.07, 6.45) is 3.87. The first-order valence-electron chi connectivity index (χ1n) is 5.79. The summed E-state index contributed by atoms with van der Waals surface area (Å²) < 4.78 is 5.71. The Morgan fingerprint density at radius 3 is 2.64 bits per heavy atom. The molecule has 1 saturated carbocycles. The van der Waals surface area contributed by atoms with E-state index in [-0.39, 0.29) is 0 Å². The Bertz CT molecular complexity index is 177. The molecule has 2 unspecified atom stereocenters. The summed E-state index contributed by atoms with van der Waals surface area (Å²) in [7, 11) is 0. The molecule has 1 rings (SSSR count). The second-order valence-electron chi connectivity index (χ2n) is 5.60. The van der Waals surface area contributed by atoms with Gasteiger partial charge < -0.3 is 10.5 Å². The molecule has 0 aliphatic heterocycles. The van der Waals surface area contributed by atoms with Crippen molar-refractivity contribution in [2.24, 2.45) is 17.1 Å². The molecule has 0 aromatic carbocycles. The lowest BCUT2D eigenvalue weighted by Crippen LogP contribution is -2.40. The van der Waals surface area contributed by atoms with Crippen LogP contribution in [0.5, 0.6) is 0 Å². The Morgan fingerprint density at radius 2 is 2.07 bits per heavy atom. The second kappa shape index (κ2) is 4.63. The molecule has 2 atom stereocenters. The van der Waals surface area contributed by atoms with E-state index in [1.165, 1.54) is 12.8 Å². The topological polar surface area (TPSA) is 35.2 Å². The van der Waals surface area contributed by atoms with Gasteiger partial charge in [-0.05, 0) is 44.4 Å². The minimum Gasteiger partial charge on any atom is -0.378 e. The highest BCUT2D eigenvalue weighted by Gasteiger charge is 2.35. The first kappa shape index (κ1) is 12.0. The Labute approximate surface area is 88.2 Å². The van der Waals surface area contributed by atoms with Crippen molar-refractivity contribution in [1.29, 1.82) is 0 Å². The molecular weight excluding hydrogens is 174 g/mol. The minimum atomic E-state index is 0.337. The van der Waals surface area contributed by atoms with Crippen molar-refractivity contribution in [3.63, 3.8) is 0 Å². The summed E-state index contributed by atoms with van der Waals surface area (Å²) in [5.41, 5.74) is 6.40. The average molecular weight is 199 g/mol. The van der Waals surface area contributed by atoms with E-state index in [4.69, 9.17) is 10.5 Å². The van der Waals surface area contributed by atoms with Crippen LogP contribution in [-0.2, 0) is 4.74 Å². The molecular formula is C12H25NO. The highest BCUT2D eigenvalue weighted by Crippen LogP contribution is 2.40. The van der Waals surface area contributed by atoms with Gasteiger partial charge in [-0.1, -0.05) is 13.8 Å². The molecule has 0 spiro atoms. The van der Waals surface area contributed by atoms with E-state index in [1.807, 2.05) is 0 Å². The van der Waals surface area contributed by atoms with Crippen LogP contribution in [0.1, 0.15) is 47.0 Å². The largest absolute Gasteiger partial charge is 0.378 e. The lowest BCUT2D eigenvalue weighted by molar-refractivity contribution is -0.00737.